The van der Waals surface area contributed by atoms with Crippen molar-refractivity contribution >= 4 is 17.8 Å². The Hall–Kier alpha value is -2.84. The summed E-state index contributed by atoms with van der Waals surface area (Å²) in [6.07, 6.45) is 4.00. The van der Waals surface area contributed by atoms with Gasteiger partial charge in [0.2, 0.25) is 5.91 Å². The SMILES string of the molecule is CC(C)NC(=O)O[C@@H]1CC[C@H](c2cc(NC(=O)Cc3ccn(C)n3)n[nH]2)C1. The van der Waals surface area contributed by atoms with Crippen molar-refractivity contribution in [2.24, 2.45) is 7.05 Å². The van der Waals surface area contributed by atoms with E-state index in [0.717, 1.165) is 25.0 Å². The maximum Gasteiger partial charge on any atom is 0.407 e. The van der Waals surface area contributed by atoms with Gasteiger partial charge in [0, 0.05) is 37.0 Å². The second-order valence-corrected chi connectivity index (χ2v) is 7.25. The Kier molecular flexibility index (Phi) is 5.78. The molecule has 2 amide bonds. The first-order valence-corrected chi connectivity index (χ1v) is 9.20. The maximum atomic E-state index is 12.1. The molecule has 146 valence electrons. The summed E-state index contributed by atoms with van der Waals surface area (Å²) in [7, 11) is 1.81. The first-order valence-electron chi connectivity index (χ1n) is 9.20. The minimum absolute atomic E-state index is 0.0552. The number of rotatable bonds is 6. The largest absolute Gasteiger partial charge is 0.446 e. The van der Waals surface area contributed by atoms with Crippen molar-refractivity contribution < 1.29 is 14.3 Å². The molecule has 1 aliphatic rings. The van der Waals surface area contributed by atoms with Gasteiger partial charge in [-0.2, -0.15) is 10.2 Å². The number of nitrogens with zero attached hydrogens (tertiary/aromatic N) is 3. The lowest BCUT2D eigenvalue weighted by molar-refractivity contribution is -0.115. The molecular formula is C18H26N6O3. The molecule has 0 aliphatic heterocycles. The van der Waals surface area contributed by atoms with E-state index in [1.165, 1.54) is 0 Å². The molecule has 0 spiro atoms. The fourth-order valence-corrected chi connectivity index (χ4v) is 3.27. The zero-order valence-corrected chi connectivity index (χ0v) is 15.9. The average molecular weight is 374 g/mol. The molecule has 2 aromatic heterocycles. The number of nitrogens with one attached hydrogen (secondary N) is 3. The number of alkyl carbamates (subject to hydrolysis) is 1. The molecule has 9 nitrogen and oxygen atoms in total. The van der Waals surface area contributed by atoms with Crippen molar-refractivity contribution in [3.8, 4) is 0 Å². The molecule has 1 aliphatic carbocycles. The van der Waals surface area contributed by atoms with E-state index in [9.17, 15) is 9.59 Å². The molecule has 0 bridgehead atoms. The lowest BCUT2D eigenvalue weighted by Crippen LogP contribution is -2.33. The molecule has 2 atom stereocenters. The van der Waals surface area contributed by atoms with Crippen molar-refractivity contribution in [1.29, 1.82) is 0 Å². The lowest BCUT2D eigenvalue weighted by atomic mass is 10.0. The highest BCUT2D eigenvalue weighted by molar-refractivity contribution is 5.91. The molecule has 2 aromatic rings. The van der Waals surface area contributed by atoms with E-state index in [-0.39, 0.29) is 36.5 Å². The van der Waals surface area contributed by atoms with Crippen LogP contribution in [0.3, 0.4) is 0 Å². The number of aryl methyl sites for hydroxylation is 1. The molecule has 1 saturated carbocycles. The van der Waals surface area contributed by atoms with E-state index in [1.54, 1.807) is 10.9 Å². The van der Waals surface area contributed by atoms with Gasteiger partial charge in [0.1, 0.15) is 6.10 Å². The van der Waals surface area contributed by atoms with E-state index in [0.29, 0.717) is 11.5 Å². The van der Waals surface area contributed by atoms with Crippen LogP contribution in [0, 0.1) is 0 Å². The summed E-state index contributed by atoms with van der Waals surface area (Å²) in [4.78, 5) is 23.8. The van der Waals surface area contributed by atoms with Crippen molar-refractivity contribution in [3.63, 3.8) is 0 Å². The predicted molar refractivity (Wildman–Crippen MR) is 99.3 cm³/mol. The molecule has 27 heavy (non-hydrogen) atoms. The number of carbonyl (C=O) groups excluding carboxylic acids is 2. The number of ether oxygens (including phenoxy) is 1. The Balaban J connectivity index is 1.49. The number of aromatic nitrogens is 4. The Morgan fingerprint density at radius 1 is 1.41 bits per heavy atom. The van der Waals surface area contributed by atoms with Gasteiger partial charge in [-0.1, -0.05) is 0 Å². The van der Waals surface area contributed by atoms with Crippen LogP contribution < -0.4 is 10.6 Å². The quantitative estimate of drug-likeness (QED) is 0.716. The predicted octanol–water partition coefficient (Wildman–Crippen LogP) is 2.10. The minimum Gasteiger partial charge on any atom is -0.446 e. The second-order valence-electron chi connectivity index (χ2n) is 7.25. The number of hydrogen-bond donors (Lipinski definition) is 3. The van der Waals surface area contributed by atoms with E-state index >= 15 is 0 Å². The number of H-pyrrole nitrogens is 1. The van der Waals surface area contributed by atoms with Crippen LogP contribution >= 0.6 is 0 Å². The number of amides is 2. The monoisotopic (exact) mass is 374 g/mol. The molecule has 3 N–H and O–H groups in total. The molecule has 2 heterocycles. The normalized spacial score (nSPS) is 19.3. The third-order valence-electron chi connectivity index (χ3n) is 4.48. The Morgan fingerprint density at radius 3 is 2.93 bits per heavy atom. The fraction of sp³-hybridized carbons (Fsp3) is 0.556. The standard InChI is InChI=1S/C18H26N6O3/c1-11(2)19-18(26)27-14-5-4-12(8-14)15-10-16(22-21-15)20-17(25)9-13-6-7-24(3)23-13/h6-7,10-12,14H,4-5,8-9H2,1-3H3,(H,19,26)(H2,20,21,22,25)/t12-,14+/m0/s1. The van der Waals surface area contributed by atoms with Gasteiger partial charge < -0.3 is 15.4 Å². The summed E-state index contributed by atoms with van der Waals surface area (Å²) in [5, 5.41) is 16.9. The highest BCUT2D eigenvalue weighted by atomic mass is 16.6. The summed E-state index contributed by atoms with van der Waals surface area (Å²) in [6.45, 7) is 3.79. The highest BCUT2D eigenvalue weighted by Gasteiger charge is 2.30. The van der Waals surface area contributed by atoms with Crippen LogP contribution in [0.1, 0.15) is 50.4 Å². The average Bonchev–Trinajstić information content (AvgIpc) is 3.28. The zero-order valence-electron chi connectivity index (χ0n) is 15.9. The molecule has 0 aromatic carbocycles. The molecular weight excluding hydrogens is 348 g/mol. The van der Waals surface area contributed by atoms with Crippen LogP contribution in [0.5, 0.6) is 0 Å². The maximum absolute atomic E-state index is 12.1. The summed E-state index contributed by atoms with van der Waals surface area (Å²) < 4.78 is 7.11. The van der Waals surface area contributed by atoms with Crippen LogP contribution in [0.25, 0.3) is 0 Å². The Labute approximate surface area is 157 Å². The zero-order chi connectivity index (χ0) is 19.4. The topological polar surface area (TPSA) is 114 Å². The van der Waals surface area contributed by atoms with Crippen LogP contribution in [-0.2, 0) is 23.0 Å². The molecule has 0 unspecified atom stereocenters. The molecule has 0 saturated heterocycles. The van der Waals surface area contributed by atoms with Gasteiger partial charge in [0.15, 0.2) is 5.82 Å². The molecule has 1 fully saturated rings. The van der Waals surface area contributed by atoms with Gasteiger partial charge in [-0.15, -0.1) is 0 Å². The smallest absolute Gasteiger partial charge is 0.407 e. The van der Waals surface area contributed by atoms with Crippen molar-refractivity contribution in [2.75, 3.05) is 5.32 Å². The van der Waals surface area contributed by atoms with Gasteiger partial charge in [0.05, 0.1) is 12.1 Å². The van der Waals surface area contributed by atoms with Gasteiger partial charge in [-0.05, 0) is 39.2 Å². The number of hydrogen-bond acceptors (Lipinski definition) is 5. The molecule has 0 radical (unpaired) electrons. The number of aromatic amines is 1. The molecule has 3 rings (SSSR count). The first kappa shape index (κ1) is 18.9. The lowest BCUT2D eigenvalue weighted by Gasteiger charge is -2.14. The molecule has 9 heteroatoms. The third-order valence-corrected chi connectivity index (χ3v) is 4.48. The summed E-state index contributed by atoms with van der Waals surface area (Å²) in [5.41, 5.74) is 1.65. The number of anilines is 1. The van der Waals surface area contributed by atoms with Crippen LogP contribution in [0.15, 0.2) is 18.3 Å². The van der Waals surface area contributed by atoms with E-state index in [2.05, 4.69) is 25.9 Å². The van der Waals surface area contributed by atoms with Gasteiger partial charge >= 0.3 is 6.09 Å². The Morgan fingerprint density at radius 2 is 2.22 bits per heavy atom. The van der Waals surface area contributed by atoms with Crippen LogP contribution in [0.4, 0.5) is 10.6 Å². The van der Waals surface area contributed by atoms with E-state index in [1.807, 2.05) is 33.0 Å². The second kappa shape index (κ2) is 8.24. The van der Waals surface area contributed by atoms with Crippen LogP contribution in [0.2, 0.25) is 0 Å². The van der Waals surface area contributed by atoms with Crippen molar-refractivity contribution in [1.82, 2.24) is 25.3 Å². The Bertz CT molecular complexity index is 797. The number of carbonyl (C=O) groups is 2. The summed E-state index contributed by atoms with van der Waals surface area (Å²) in [5.74, 6) is 0.563. The van der Waals surface area contributed by atoms with Crippen molar-refractivity contribution in [2.45, 2.75) is 57.6 Å². The first-order chi connectivity index (χ1) is 12.9. The van der Waals surface area contributed by atoms with E-state index < -0.39 is 0 Å². The minimum atomic E-state index is -0.372. The van der Waals surface area contributed by atoms with Gasteiger partial charge in [-0.3, -0.25) is 14.6 Å². The summed E-state index contributed by atoms with van der Waals surface area (Å²) >= 11 is 0. The van der Waals surface area contributed by atoms with Gasteiger partial charge in [0.25, 0.3) is 0 Å². The fourth-order valence-electron chi connectivity index (χ4n) is 3.27. The van der Waals surface area contributed by atoms with Gasteiger partial charge in [-0.25, -0.2) is 4.79 Å². The third kappa shape index (κ3) is 5.32. The summed E-state index contributed by atoms with van der Waals surface area (Å²) in [6, 6.07) is 3.71. The highest BCUT2D eigenvalue weighted by Crippen LogP contribution is 2.35. The van der Waals surface area contributed by atoms with E-state index in [4.69, 9.17) is 4.74 Å². The van der Waals surface area contributed by atoms with Crippen molar-refractivity contribution in [3.05, 3.63) is 29.7 Å². The van der Waals surface area contributed by atoms with Crippen LogP contribution in [-0.4, -0.2) is 44.1 Å².